The smallest absolute Gasteiger partial charge is 0.343 e. The highest BCUT2D eigenvalue weighted by molar-refractivity contribution is 5.95. The van der Waals surface area contributed by atoms with Gasteiger partial charge in [0.05, 0.1) is 25.5 Å². The second-order valence-corrected chi connectivity index (χ2v) is 6.88. The number of hydrogen-bond donors (Lipinski definition) is 1. The minimum atomic E-state index is -0.488. The number of rotatable bonds is 5. The molecule has 2 aromatic rings. The van der Waals surface area contributed by atoms with E-state index in [4.69, 9.17) is 14.2 Å². The molecule has 4 heterocycles. The molecule has 0 amide bonds. The Morgan fingerprint density at radius 1 is 1.33 bits per heavy atom. The molecule has 2 aliphatic heterocycles. The molecule has 2 aromatic heterocycles. The first-order chi connectivity index (χ1) is 13.2. The summed E-state index contributed by atoms with van der Waals surface area (Å²) in [4.78, 5) is 31.2. The molecule has 0 atom stereocenters. The third-order valence-corrected chi connectivity index (χ3v) is 5.10. The monoisotopic (exact) mass is 376 g/mol. The van der Waals surface area contributed by atoms with Crippen LogP contribution in [0.25, 0.3) is 5.65 Å². The quantitative estimate of drug-likeness (QED) is 0.770. The Hall–Kier alpha value is -2.23. The van der Waals surface area contributed by atoms with Gasteiger partial charge in [0.1, 0.15) is 5.56 Å². The van der Waals surface area contributed by atoms with Crippen LogP contribution in [0.3, 0.4) is 0 Å². The molecule has 0 saturated carbocycles. The van der Waals surface area contributed by atoms with Gasteiger partial charge in [-0.2, -0.15) is 0 Å². The number of carbonyl (C=O) groups is 1. The third kappa shape index (κ3) is 3.76. The molecule has 9 nitrogen and oxygen atoms in total. The van der Waals surface area contributed by atoms with Crippen LogP contribution in [0.15, 0.2) is 17.1 Å². The Labute approximate surface area is 156 Å². The fourth-order valence-corrected chi connectivity index (χ4v) is 3.73. The molecule has 0 aliphatic carbocycles. The minimum absolute atomic E-state index is 0.0711. The van der Waals surface area contributed by atoms with Crippen LogP contribution in [-0.4, -0.2) is 64.7 Å². The summed E-state index contributed by atoms with van der Waals surface area (Å²) in [6, 6.07) is 1.51. The van der Waals surface area contributed by atoms with Crippen molar-refractivity contribution in [2.45, 2.75) is 32.6 Å². The fraction of sp³-hybridized carbons (Fsp3) is 0.611. The maximum atomic E-state index is 12.3. The number of carbonyl (C=O) groups excluding carboxylic acids is 1. The number of hydrogen-bond acceptors (Lipinski definition) is 7. The topological polar surface area (TPSA) is 98.2 Å². The summed E-state index contributed by atoms with van der Waals surface area (Å²) in [6.45, 7) is 5.72. The lowest BCUT2D eigenvalue weighted by Crippen LogP contribution is -2.38. The lowest BCUT2D eigenvalue weighted by Gasteiger charge is -2.33. The number of piperidine rings is 1. The molecule has 0 aromatic carbocycles. The summed E-state index contributed by atoms with van der Waals surface area (Å²) in [5.41, 5.74) is 0.980. The average molecular weight is 376 g/mol. The molecule has 0 unspecified atom stereocenters. The molecule has 2 fully saturated rings. The summed E-state index contributed by atoms with van der Waals surface area (Å²) in [6.07, 6.45) is 3.37. The second kappa shape index (κ2) is 7.79. The van der Waals surface area contributed by atoms with E-state index in [0.717, 1.165) is 25.9 Å². The van der Waals surface area contributed by atoms with Gasteiger partial charge < -0.3 is 14.2 Å². The van der Waals surface area contributed by atoms with Gasteiger partial charge in [0.15, 0.2) is 11.9 Å². The molecular formula is C18H24N4O5. The Morgan fingerprint density at radius 2 is 2.07 bits per heavy atom. The third-order valence-electron chi connectivity index (χ3n) is 5.10. The van der Waals surface area contributed by atoms with Crippen molar-refractivity contribution in [1.82, 2.24) is 19.5 Å². The molecule has 27 heavy (non-hydrogen) atoms. The molecule has 4 rings (SSSR count). The predicted molar refractivity (Wildman–Crippen MR) is 95.5 cm³/mol. The van der Waals surface area contributed by atoms with Crippen molar-refractivity contribution in [2.75, 3.05) is 32.9 Å². The van der Waals surface area contributed by atoms with E-state index >= 15 is 0 Å². The molecular weight excluding hydrogens is 352 g/mol. The number of H-pyrrole nitrogens is 1. The summed E-state index contributed by atoms with van der Waals surface area (Å²) in [5, 5.41) is 2.76. The van der Waals surface area contributed by atoms with E-state index in [0.29, 0.717) is 37.0 Å². The van der Waals surface area contributed by atoms with Gasteiger partial charge in [0, 0.05) is 24.7 Å². The number of ether oxygens (including phenoxy) is 3. The van der Waals surface area contributed by atoms with Crippen molar-refractivity contribution < 1.29 is 19.0 Å². The van der Waals surface area contributed by atoms with Gasteiger partial charge in [-0.25, -0.2) is 14.3 Å². The highest BCUT2D eigenvalue weighted by atomic mass is 16.7. The van der Waals surface area contributed by atoms with Crippen LogP contribution in [0.1, 0.15) is 35.8 Å². The van der Waals surface area contributed by atoms with Crippen molar-refractivity contribution in [3.05, 3.63) is 33.9 Å². The van der Waals surface area contributed by atoms with Crippen molar-refractivity contribution >= 4 is 11.6 Å². The number of likely N-dealkylation sites (tertiary alicyclic amines) is 1. The van der Waals surface area contributed by atoms with Crippen molar-refractivity contribution in [2.24, 2.45) is 5.92 Å². The second-order valence-electron chi connectivity index (χ2n) is 6.88. The first-order valence-electron chi connectivity index (χ1n) is 9.38. The summed E-state index contributed by atoms with van der Waals surface area (Å²) < 4.78 is 17.5. The van der Waals surface area contributed by atoms with Gasteiger partial charge in [0.25, 0.3) is 5.56 Å². The van der Waals surface area contributed by atoms with Gasteiger partial charge in [-0.3, -0.25) is 14.8 Å². The normalized spacial score (nSPS) is 19.7. The zero-order chi connectivity index (χ0) is 18.8. The molecule has 2 aliphatic rings. The van der Waals surface area contributed by atoms with E-state index in [1.165, 1.54) is 16.8 Å². The number of fused-ring (bicyclic) bond motifs is 1. The maximum Gasteiger partial charge on any atom is 0.343 e. The van der Waals surface area contributed by atoms with E-state index in [-0.39, 0.29) is 24.0 Å². The van der Waals surface area contributed by atoms with Crippen LogP contribution >= 0.6 is 0 Å². The first-order valence-corrected chi connectivity index (χ1v) is 9.38. The van der Waals surface area contributed by atoms with Crippen LogP contribution in [0.4, 0.5) is 0 Å². The van der Waals surface area contributed by atoms with Gasteiger partial charge in [0.2, 0.25) is 0 Å². The molecule has 2 saturated heterocycles. The standard InChI is InChI=1S/C18H24N4O5/c1-2-25-17(24)14-10-19-22-15(23)9-13(20-16(14)22)11-21-5-3-12(4-6-21)18-26-7-8-27-18/h9-10,12,18-19H,2-8,11H2,1H3. The number of esters is 1. The molecule has 1 N–H and O–H groups in total. The summed E-state index contributed by atoms with van der Waals surface area (Å²) in [5.74, 6) is -0.0671. The lowest BCUT2D eigenvalue weighted by molar-refractivity contribution is -0.0978. The molecule has 146 valence electrons. The summed E-state index contributed by atoms with van der Waals surface area (Å²) in [7, 11) is 0. The maximum absolute atomic E-state index is 12.3. The SMILES string of the molecule is CCOC(=O)c1c[nH]n2c(=O)cc(CN3CCC(C4OCCO4)CC3)nc12. The highest BCUT2D eigenvalue weighted by Gasteiger charge is 2.30. The predicted octanol–water partition coefficient (Wildman–Crippen LogP) is 0.784. The van der Waals surface area contributed by atoms with Gasteiger partial charge >= 0.3 is 5.97 Å². The van der Waals surface area contributed by atoms with Gasteiger partial charge in [-0.15, -0.1) is 0 Å². The van der Waals surface area contributed by atoms with Crippen LogP contribution < -0.4 is 5.56 Å². The van der Waals surface area contributed by atoms with E-state index in [2.05, 4.69) is 15.0 Å². The molecule has 0 bridgehead atoms. The lowest BCUT2D eigenvalue weighted by atomic mass is 9.96. The average Bonchev–Trinajstić information content (AvgIpc) is 3.32. The zero-order valence-corrected chi connectivity index (χ0v) is 15.3. The van der Waals surface area contributed by atoms with E-state index < -0.39 is 5.97 Å². The first kappa shape index (κ1) is 18.1. The van der Waals surface area contributed by atoms with Crippen molar-refractivity contribution in [3.63, 3.8) is 0 Å². The zero-order valence-electron chi connectivity index (χ0n) is 15.3. The van der Waals surface area contributed by atoms with E-state index in [1.807, 2.05) is 0 Å². The van der Waals surface area contributed by atoms with Crippen LogP contribution in [-0.2, 0) is 20.8 Å². The van der Waals surface area contributed by atoms with Crippen LogP contribution in [0, 0.1) is 5.92 Å². The van der Waals surface area contributed by atoms with Crippen LogP contribution in [0.2, 0.25) is 0 Å². The molecule has 0 spiro atoms. The minimum Gasteiger partial charge on any atom is -0.462 e. The van der Waals surface area contributed by atoms with Crippen molar-refractivity contribution in [3.8, 4) is 0 Å². The Bertz CT molecular complexity index is 862. The van der Waals surface area contributed by atoms with E-state index in [9.17, 15) is 9.59 Å². The Kier molecular flexibility index (Phi) is 5.24. The number of aromatic amines is 1. The Balaban J connectivity index is 1.47. The molecule has 9 heteroatoms. The number of nitrogens with zero attached hydrogens (tertiary/aromatic N) is 3. The Morgan fingerprint density at radius 3 is 2.78 bits per heavy atom. The van der Waals surface area contributed by atoms with Gasteiger partial charge in [-0.1, -0.05) is 0 Å². The van der Waals surface area contributed by atoms with E-state index in [1.54, 1.807) is 6.92 Å². The number of aromatic nitrogens is 3. The fourth-order valence-electron chi connectivity index (χ4n) is 3.73. The highest BCUT2D eigenvalue weighted by Crippen LogP contribution is 2.26. The largest absolute Gasteiger partial charge is 0.462 e. The summed E-state index contributed by atoms with van der Waals surface area (Å²) >= 11 is 0. The number of nitrogens with one attached hydrogen (secondary N) is 1. The van der Waals surface area contributed by atoms with Gasteiger partial charge in [-0.05, 0) is 32.9 Å². The van der Waals surface area contributed by atoms with Crippen LogP contribution in [0.5, 0.6) is 0 Å². The van der Waals surface area contributed by atoms with Crippen molar-refractivity contribution in [1.29, 1.82) is 0 Å². The molecule has 0 radical (unpaired) electrons.